The molecule has 0 amide bonds. The van der Waals surface area contributed by atoms with E-state index in [4.69, 9.17) is 12.3 Å². The molecule has 0 radical (unpaired) electrons. The minimum Gasteiger partial charge on any atom is -0.430 e. The van der Waals surface area contributed by atoms with E-state index < -0.39 is 34.5 Å². The zero-order chi connectivity index (χ0) is 31.9. The fourth-order valence-electron chi connectivity index (χ4n) is 5.88. The van der Waals surface area contributed by atoms with E-state index >= 15 is 0 Å². The van der Waals surface area contributed by atoms with Crippen LogP contribution in [-0.2, 0) is 12.3 Å². The Hall–Kier alpha value is -3.93. The Labute approximate surface area is 278 Å². The summed E-state index contributed by atoms with van der Waals surface area (Å²) in [5.41, 5.74) is 0. The standard InChI is InChI=1S/C39H40O3Si4/c1-44(2,3)41-46(38-30-18-8-19-31-38,39-32-20-9-21-33-39)42-45(36-26-14-6-15-27-36,37-28-16-7-17-29-37)40-43(34-22-10-4-11-23-34)35-24-12-5-13-25-35/h4-33,43H,1-3H3. The van der Waals surface area contributed by atoms with Gasteiger partial charge in [-0.25, -0.2) is 0 Å². The quantitative estimate of drug-likeness (QED) is 0.173. The molecule has 6 rings (SSSR count). The molecular weight excluding hydrogens is 629 g/mol. The summed E-state index contributed by atoms with van der Waals surface area (Å²) < 4.78 is 23.6. The Morgan fingerprint density at radius 3 is 0.935 bits per heavy atom. The molecule has 0 bridgehead atoms. The van der Waals surface area contributed by atoms with Crippen molar-refractivity contribution in [3.8, 4) is 0 Å². The van der Waals surface area contributed by atoms with E-state index in [0.717, 1.165) is 20.7 Å². The third-order valence-electron chi connectivity index (χ3n) is 7.84. The monoisotopic (exact) mass is 668 g/mol. The fourth-order valence-corrected chi connectivity index (χ4v) is 23.2. The second-order valence-electron chi connectivity index (χ2n) is 12.3. The zero-order valence-corrected chi connectivity index (χ0v) is 30.8. The van der Waals surface area contributed by atoms with E-state index in [-0.39, 0.29) is 0 Å². The second kappa shape index (κ2) is 14.2. The van der Waals surface area contributed by atoms with Crippen LogP contribution in [0.4, 0.5) is 0 Å². The molecular formula is C39H40O3Si4. The first-order chi connectivity index (χ1) is 22.4. The Morgan fingerprint density at radius 2 is 0.630 bits per heavy atom. The highest BCUT2D eigenvalue weighted by Gasteiger charge is 2.56. The maximum Gasteiger partial charge on any atom is 0.388 e. The molecule has 46 heavy (non-hydrogen) atoms. The third kappa shape index (κ3) is 7.06. The summed E-state index contributed by atoms with van der Waals surface area (Å²) in [4.78, 5) is 0. The molecule has 0 fully saturated rings. The predicted molar refractivity (Wildman–Crippen MR) is 202 cm³/mol. The highest BCUT2D eigenvalue weighted by molar-refractivity contribution is 7.08. The Bertz CT molecular complexity index is 1670. The molecule has 0 aliphatic rings. The summed E-state index contributed by atoms with van der Waals surface area (Å²) in [7, 11) is -11.5. The van der Waals surface area contributed by atoms with Gasteiger partial charge < -0.3 is 12.3 Å². The van der Waals surface area contributed by atoms with Gasteiger partial charge in [0.25, 0.3) is 0 Å². The Morgan fingerprint density at radius 1 is 0.348 bits per heavy atom. The second-order valence-corrected chi connectivity index (χ2v) is 26.0. The van der Waals surface area contributed by atoms with Gasteiger partial charge in [-0.3, -0.25) is 0 Å². The predicted octanol–water partition coefficient (Wildman–Crippen LogP) is 4.92. The minimum atomic E-state index is -3.56. The molecule has 7 heteroatoms. The molecule has 0 saturated carbocycles. The van der Waals surface area contributed by atoms with E-state index in [9.17, 15) is 0 Å². The molecule has 6 aromatic carbocycles. The first-order valence-corrected chi connectivity index (χ1v) is 24.5. The third-order valence-corrected chi connectivity index (χ3v) is 22.4. The molecule has 0 aliphatic carbocycles. The van der Waals surface area contributed by atoms with Crippen molar-refractivity contribution in [1.82, 2.24) is 0 Å². The maximum absolute atomic E-state index is 8.12. The van der Waals surface area contributed by atoms with Crippen LogP contribution in [0.5, 0.6) is 0 Å². The Kier molecular flexibility index (Phi) is 9.91. The molecule has 0 saturated heterocycles. The summed E-state index contributed by atoms with van der Waals surface area (Å²) in [6, 6.07) is 63.9. The van der Waals surface area contributed by atoms with Crippen LogP contribution in [0.25, 0.3) is 0 Å². The van der Waals surface area contributed by atoms with E-state index in [1.165, 1.54) is 10.4 Å². The van der Waals surface area contributed by atoms with E-state index in [2.05, 4.69) is 202 Å². The molecule has 0 spiro atoms. The Balaban J connectivity index is 1.68. The maximum atomic E-state index is 8.12. The van der Waals surface area contributed by atoms with Gasteiger partial charge >= 0.3 is 17.1 Å². The topological polar surface area (TPSA) is 27.7 Å². The van der Waals surface area contributed by atoms with Crippen LogP contribution >= 0.6 is 0 Å². The van der Waals surface area contributed by atoms with Crippen LogP contribution in [0.15, 0.2) is 182 Å². The van der Waals surface area contributed by atoms with Gasteiger partial charge in [0.15, 0.2) is 8.32 Å². The number of hydrogen-bond donors (Lipinski definition) is 0. The van der Waals surface area contributed by atoms with Gasteiger partial charge in [-0.2, -0.15) is 0 Å². The van der Waals surface area contributed by atoms with Gasteiger partial charge in [0.1, 0.15) is 0 Å². The molecule has 230 valence electrons. The van der Waals surface area contributed by atoms with Crippen LogP contribution in [-0.4, -0.2) is 34.5 Å². The van der Waals surface area contributed by atoms with Crippen molar-refractivity contribution in [3.63, 3.8) is 0 Å². The van der Waals surface area contributed by atoms with Gasteiger partial charge in [0, 0.05) is 0 Å². The lowest BCUT2D eigenvalue weighted by Gasteiger charge is -2.45. The molecule has 0 atom stereocenters. The number of benzene rings is 6. The highest BCUT2D eigenvalue weighted by Crippen LogP contribution is 2.24. The van der Waals surface area contributed by atoms with Crippen molar-refractivity contribution in [2.75, 3.05) is 0 Å². The highest BCUT2D eigenvalue weighted by atomic mass is 28.5. The van der Waals surface area contributed by atoms with E-state index in [1.54, 1.807) is 0 Å². The largest absolute Gasteiger partial charge is 0.430 e. The van der Waals surface area contributed by atoms with Gasteiger partial charge in [-0.05, 0) is 50.8 Å². The lowest BCUT2D eigenvalue weighted by molar-refractivity contribution is 0.362. The van der Waals surface area contributed by atoms with Crippen LogP contribution in [0, 0.1) is 0 Å². The van der Waals surface area contributed by atoms with Crippen molar-refractivity contribution in [2.24, 2.45) is 0 Å². The minimum absolute atomic E-state index is 1.06. The molecule has 3 nitrogen and oxygen atoms in total. The van der Waals surface area contributed by atoms with Crippen LogP contribution in [0.3, 0.4) is 0 Å². The zero-order valence-electron chi connectivity index (χ0n) is 26.6. The van der Waals surface area contributed by atoms with Crippen LogP contribution < -0.4 is 31.1 Å². The number of hydrogen-bond acceptors (Lipinski definition) is 3. The van der Waals surface area contributed by atoms with Gasteiger partial charge in [-0.1, -0.05) is 182 Å². The summed E-state index contributed by atoms with van der Waals surface area (Å²) in [6.07, 6.45) is 0. The van der Waals surface area contributed by atoms with Crippen molar-refractivity contribution < 1.29 is 12.3 Å². The van der Waals surface area contributed by atoms with Gasteiger partial charge in [0.2, 0.25) is 9.04 Å². The summed E-state index contributed by atoms with van der Waals surface area (Å²) in [5, 5.41) is 6.70. The van der Waals surface area contributed by atoms with Crippen LogP contribution in [0.2, 0.25) is 19.6 Å². The molecule has 0 aromatic heterocycles. The molecule has 0 N–H and O–H groups in total. The van der Waals surface area contributed by atoms with Crippen LogP contribution in [0.1, 0.15) is 0 Å². The van der Waals surface area contributed by atoms with E-state index in [1.807, 2.05) is 0 Å². The van der Waals surface area contributed by atoms with Crippen molar-refractivity contribution in [1.29, 1.82) is 0 Å². The van der Waals surface area contributed by atoms with Crippen molar-refractivity contribution in [2.45, 2.75) is 19.6 Å². The molecule has 0 unspecified atom stereocenters. The first-order valence-electron chi connectivity index (χ1n) is 15.8. The van der Waals surface area contributed by atoms with Gasteiger partial charge in [0.05, 0.1) is 0 Å². The average Bonchev–Trinajstić information content (AvgIpc) is 3.11. The SMILES string of the molecule is C[Si](C)(C)O[Si](O[Si](O[SiH](c1ccccc1)c1ccccc1)(c1ccccc1)c1ccccc1)(c1ccccc1)c1ccccc1. The molecule has 0 heterocycles. The number of rotatable bonds is 12. The summed E-state index contributed by atoms with van der Waals surface area (Å²) in [6.45, 7) is 6.76. The first kappa shape index (κ1) is 32.0. The fraction of sp³-hybridized carbons (Fsp3) is 0.0769. The van der Waals surface area contributed by atoms with Gasteiger partial charge in [-0.15, -0.1) is 0 Å². The smallest absolute Gasteiger partial charge is 0.388 e. The summed E-state index contributed by atoms with van der Waals surface area (Å²) in [5.74, 6) is 0. The lowest BCUT2D eigenvalue weighted by Crippen LogP contribution is -2.78. The normalized spacial score (nSPS) is 12.3. The van der Waals surface area contributed by atoms with Crippen molar-refractivity contribution in [3.05, 3.63) is 182 Å². The van der Waals surface area contributed by atoms with Crippen molar-refractivity contribution >= 4 is 65.6 Å². The molecule has 6 aromatic rings. The average molecular weight is 669 g/mol. The lowest BCUT2D eigenvalue weighted by atomic mass is 10.4. The molecule has 0 aliphatic heterocycles. The summed E-state index contributed by atoms with van der Waals surface area (Å²) >= 11 is 0. The van der Waals surface area contributed by atoms with E-state index in [0.29, 0.717) is 0 Å².